The summed E-state index contributed by atoms with van der Waals surface area (Å²) in [4.78, 5) is 0. The first-order chi connectivity index (χ1) is 38.1. The standard InChI is InChI=1S/C15H22.C14H20.C14H22.C13H20.2C12H18/c1-12-8-9-13(2)15(10-12)11-14-6-4-3-5-7-14;1-11-8-9-12(2)14(10-11)13-6-4-3-5-7-13;1-4-5-6-7-8-14-11-12(2)9-10-13(14)3;1-10(2)5-8-13-9-11(3)6-7-12(13)4;1-9(2)7-12-8-10(3)5-6-11(12)4;1-5-10(3)12-8-9(2)6-7-11(12)4/h8-10,14H,3-7,11H2,1-2H3;8-10,13H,3-7H2,1-2H3;9-11H,4-8H2,1-3H3;6-7,9-10H,5,8H2,1-4H3;5-6,8-9H,7H2,1-4H3;6-8,10H,5H2,1-4H3. The summed E-state index contributed by atoms with van der Waals surface area (Å²) < 4.78 is 0. The molecule has 0 radical (unpaired) electrons. The van der Waals surface area contributed by atoms with E-state index >= 15 is 0 Å². The molecule has 0 amide bonds. The predicted octanol–water partition coefficient (Wildman–Crippen LogP) is 24.4. The maximum Gasteiger partial charge on any atom is -0.0159 e. The van der Waals surface area contributed by atoms with Crippen LogP contribution in [0.5, 0.6) is 0 Å². The molecular formula is C80H120. The number of hydrogen-bond donors (Lipinski definition) is 0. The lowest BCUT2D eigenvalue weighted by Crippen LogP contribution is -2.10. The van der Waals surface area contributed by atoms with E-state index < -0.39 is 0 Å². The van der Waals surface area contributed by atoms with Gasteiger partial charge in [0.05, 0.1) is 0 Å². The van der Waals surface area contributed by atoms with E-state index in [9.17, 15) is 0 Å². The summed E-state index contributed by atoms with van der Waals surface area (Å²) in [6, 6.07) is 40.7. The molecule has 80 heavy (non-hydrogen) atoms. The molecule has 2 aliphatic rings. The van der Waals surface area contributed by atoms with Crippen molar-refractivity contribution in [1.82, 2.24) is 0 Å². The van der Waals surface area contributed by atoms with Gasteiger partial charge in [-0.3, -0.25) is 0 Å². The number of rotatable bonds is 15. The highest BCUT2D eigenvalue weighted by molar-refractivity contribution is 5.36. The zero-order valence-corrected chi connectivity index (χ0v) is 55.4. The van der Waals surface area contributed by atoms with Crippen LogP contribution in [0, 0.1) is 101 Å². The Morgan fingerprint density at radius 1 is 0.375 bits per heavy atom. The van der Waals surface area contributed by atoms with Crippen LogP contribution >= 0.6 is 0 Å². The van der Waals surface area contributed by atoms with Gasteiger partial charge in [0.1, 0.15) is 0 Å². The van der Waals surface area contributed by atoms with E-state index in [0.29, 0.717) is 5.92 Å². The lowest BCUT2D eigenvalue weighted by atomic mass is 9.82. The molecule has 0 heterocycles. The Labute approximate surface area is 496 Å². The van der Waals surface area contributed by atoms with Crippen LogP contribution in [-0.4, -0.2) is 0 Å². The van der Waals surface area contributed by atoms with E-state index in [1.54, 1.807) is 16.7 Å². The van der Waals surface area contributed by atoms with Gasteiger partial charge in [0, 0.05) is 0 Å². The van der Waals surface area contributed by atoms with Crippen LogP contribution in [0.4, 0.5) is 0 Å². The minimum absolute atomic E-state index is 0.699. The average Bonchev–Trinajstić information content (AvgIpc) is 3.45. The number of aryl methyl sites for hydroxylation is 14. The third-order valence-electron chi connectivity index (χ3n) is 17.2. The molecule has 0 nitrogen and oxygen atoms in total. The summed E-state index contributed by atoms with van der Waals surface area (Å²) >= 11 is 0. The Hall–Kier alpha value is -4.68. The van der Waals surface area contributed by atoms with E-state index in [4.69, 9.17) is 0 Å². The van der Waals surface area contributed by atoms with Gasteiger partial charge < -0.3 is 0 Å². The van der Waals surface area contributed by atoms with E-state index in [0.717, 1.165) is 23.7 Å². The molecule has 440 valence electrons. The molecule has 6 aromatic rings. The quantitative estimate of drug-likeness (QED) is 0.0899. The monoisotopic (exact) mass is 1080 g/mol. The molecule has 2 saturated carbocycles. The molecule has 2 aliphatic carbocycles. The summed E-state index contributed by atoms with van der Waals surface area (Å²) in [6.45, 7) is 42.3. The van der Waals surface area contributed by atoms with Gasteiger partial charge in [-0.05, 0) is 237 Å². The summed E-state index contributed by atoms with van der Waals surface area (Å²) in [5, 5.41) is 0. The molecule has 1 unspecified atom stereocenters. The first-order valence-electron chi connectivity index (χ1n) is 32.5. The lowest BCUT2D eigenvalue weighted by molar-refractivity contribution is 0.356. The van der Waals surface area contributed by atoms with E-state index in [-0.39, 0.29) is 0 Å². The Bertz CT molecular complexity index is 2640. The summed E-state index contributed by atoms with van der Waals surface area (Å²) in [7, 11) is 0. The largest absolute Gasteiger partial charge is 0.0654 e. The second-order valence-electron chi connectivity index (χ2n) is 26.1. The summed E-state index contributed by atoms with van der Waals surface area (Å²) in [5.74, 6) is 4.07. The fourth-order valence-corrected chi connectivity index (χ4v) is 11.6. The van der Waals surface area contributed by atoms with Gasteiger partial charge in [-0.2, -0.15) is 0 Å². The van der Waals surface area contributed by atoms with Gasteiger partial charge in [0.25, 0.3) is 0 Å². The van der Waals surface area contributed by atoms with Crippen molar-refractivity contribution < 1.29 is 0 Å². The molecule has 6 aromatic carbocycles. The highest BCUT2D eigenvalue weighted by Gasteiger charge is 2.17. The van der Waals surface area contributed by atoms with Crippen molar-refractivity contribution in [1.29, 1.82) is 0 Å². The fourth-order valence-electron chi connectivity index (χ4n) is 11.6. The van der Waals surface area contributed by atoms with Crippen LogP contribution in [0.25, 0.3) is 0 Å². The molecule has 8 rings (SSSR count). The molecule has 0 saturated heterocycles. The second-order valence-corrected chi connectivity index (χ2v) is 26.1. The molecule has 0 heteroatoms. The van der Waals surface area contributed by atoms with Crippen LogP contribution in [0.3, 0.4) is 0 Å². The van der Waals surface area contributed by atoms with Crippen molar-refractivity contribution in [2.75, 3.05) is 0 Å². The first-order valence-corrected chi connectivity index (χ1v) is 32.5. The highest BCUT2D eigenvalue weighted by atomic mass is 14.2. The van der Waals surface area contributed by atoms with Crippen LogP contribution in [0.15, 0.2) is 109 Å². The lowest BCUT2D eigenvalue weighted by Gasteiger charge is -2.23. The van der Waals surface area contributed by atoms with E-state index in [2.05, 4.69) is 241 Å². The number of benzene rings is 6. The maximum atomic E-state index is 2.39. The Morgan fingerprint density at radius 2 is 0.787 bits per heavy atom. The summed E-state index contributed by atoms with van der Waals surface area (Å²) in [5.41, 5.74) is 26.3. The Kier molecular flexibility index (Phi) is 33.2. The third kappa shape index (κ3) is 27.4. The van der Waals surface area contributed by atoms with Gasteiger partial charge in [-0.25, -0.2) is 0 Å². The van der Waals surface area contributed by atoms with Crippen molar-refractivity contribution in [2.24, 2.45) is 17.8 Å². The minimum atomic E-state index is 0.699. The third-order valence-corrected chi connectivity index (χ3v) is 17.2. The fraction of sp³-hybridized carbons (Fsp3) is 0.550. The average molecular weight is 1080 g/mol. The molecule has 0 aromatic heterocycles. The SMILES string of the molecule is CCC(C)c1cc(C)ccc1C.CCCCCCc1cc(C)ccc1C.Cc1ccc(C)c(C2CCCCC2)c1.Cc1ccc(C)c(CC(C)C)c1.Cc1ccc(C)c(CC2CCCCC2)c1.Cc1ccc(C)c(CCC(C)C)c1. The smallest absolute Gasteiger partial charge is 0.0159 e. The van der Waals surface area contributed by atoms with Gasteiger partial charge >= 0.3 is 0 Å². The van der Waals surface area contributed by atoms with Crippen molar-refractivity contribution in [3.63, 3.8) is 0 Å². The van der Waals surface area contributed by atoms with E-state index in [1.165, 1.54) is 212 Å². The van der Waals surface area contributed by atoms with Gasteiger partial charge in [-0.1, -0.05) is 262 Å². The normalized spacial score (nSPS) is 13.8. The Morgan fingerprint density at radius 3 is 1.27 bits per heavy atom. The van der Waals surface area contributed by atoms with Crippen LogP contribution in [0.2, 0.25) is 0 Å². The zero-order valence-electron chi connectivity index (χ0n) is 55.4. The number of unbranched alkanes of at least 4 members (excludes halogenated alkanes) is 3. The molecule has 0 aliphatic heterocycles. The van der Waals surface area contributed by atoms with Crippen molar-refractivity contribution >= 4 is 0 Å². The number of hydrogen-bond acceptors (Lipinski definition) is 0. The van der Waals surface area contributed by atoms with Gasteiger partial charge in [-0.15, -0.1) is 0 Å². The van der Waals surface area contributed by atoms with Crippen LogP contribution in [-0.2, 0) is 25.7 Å². The molecular weight excluding hydrogens is 961 g/mol. The summed E-state index contributed by atoms with van der Waals surface area (Å²) in [6.07, 6.45) is 27.3. The highest BCUT2D eigenvalue weighted by Crippen LogP contribution is 2.35. The molecule has 0 bridgehead atoms. The van der Waals surface area contributed by atoms with Crippen molar-refractivity contribution in [3.8, 4) is 0 Å². The molecule has 0 N–H and O–H groups in total. The van der Waals surface area contributed by atoms with Crippen LogP contribution < -0.4 is 0 Å². The zero-order chi connectivity index (χ0) is 59.1. The van der Waals surface area contributed by atoms with E-state index in [1.807, 2.05) is 0 Å². The van der Waals surface area contributed by atoms with Gasteiger partial charge in [0.2, 0.25) is 0 Å². The molecule has 1 atom stereocenters. The van der Waals surface area contributed by atoms with Crippen LogP contribution in [0.1, 0.15) is 263 Å². The van der Waals surface area contributed by atoms with Crippen molar-refractivity contribution in [3.05, 3.63) is 209 Å². The molecule has 0 spiro atoms. The topological polar surface area (TPSA) is 0 Å². The van der Waals surface area contributed by atoms with Gasteiger partial charge in [0.15, 0.2) is 0 Å². The first kappa shape index (κ1) is 69.6. The predicted molar refractivity (Wildman–Crippen MR) is 360 cm³/mol. The maximum absolute atomic E-state index is 2.39. The van der Waals surface area contributed by atoms with Crippen molar-refractivity contribution in [2.45, 2.75) is 272 Å². The Balaban J connectivity index is 0.000000253. The molecule has 2 fully saturated rings. The second kappa shape index (κ2) is 38.2. The minimum Gasteiger partial charge on any atom is -0.0654 e.